The van der Waals surface area contributed by atoms with E-state index in [-0.39, 0.29) is 11.8 Å². The molecule has 0 saturated carbocycles. The van der Waals surface area contributed by atoms with E-state index in [1.807, 2.05) is 38.1 Å². The van der Waals surface area contributed by atoms with Gasteiger partial charge in [-0.2, -0.15) is 0 Å². The summed E-state index contributed by atoms with van der Waals surface area (Å²) in [5.41, 5.74) is 2.22. The predicted octanol–water partition coefficient (Wildman–Crippen LogP) is 2.26. The largest absolute Gasteiger partial charge is 0.357 e. The number of carbonyl (C=O) groups excluding carboxylic acids is 2. The lowest BCUT2D eigenvalue weighted by molar-refractivity contribution is -0.140. The first kappa shape index (κ1) is 16.2. The Kier molecular flexibility index (Phi) is 6.22. The number of aryl methyl sites for hydroxylation is 1. The van der Waals surface area contributed by atoms with Gasteiger partial charge in [0, 0.05) is 20.0 Å². The average Bonchev–Trinajstić information content (AvgIpc) is 2.45. The van der Waals surface area contributed by atoms with Crippen LogP contribution in [0.3, 0.4) is 0 Å². The topological polar surface area (TPSA) is 49.4 Å². The molecule has 20 heavy (non-hydrogen) atoms. The second kappa shape index (κ2) is 7.68. The first-order valence-corrected chi connectivity index (χ1v) is 7.06. The van der Waals surface area contributed by atoms with Crippen LogP contribution in [0.15, 0.2) is 24.3 Å². The van der Waals surface area contributed by atoms with Crippen LogP contribution in [0, 0.1) is 6.92 Å². The van der Waals surface area contributed by atoms with Crippen molar-refractivity contribution in [2.75, 3.05) is 7.05 Å². The van der Waals surface area contributed by atoms with Crippen molar-refractivity contribution in [2.45, 2.75) is 46.2 Å². The number of nitrogens with zero attached hydrogens (tertiary/aromatic N) is 1. The van der Waals surface area contributed by atoms with Crippen LogP contribution >= 0.6 is 0 Å². The van der Waals surface area contributed by atoms with E-state index in [0.29, 0.717) is 13.0 Å². The minimum Gasteiger partial charge on any atom is -0.357 e. The fraction of sp³-hybridized carbons (Fsp3) is 0.500. The lowest BCUT2D eigenvalue weighted by Gasteiger charge is -2.28. The van der Waals surface area contributed by atoms with Gasteiger partial charge in [-0.15, -0.1) is 0 Å². The number of likely N-dealkylation sites (N-methyl/N-ethyl adjacent to an activating group) is 1. The minimum absolute atomic E-state index is 0.0178. The summed E-state index contributed by atoms with van der Waals surface area (Å²) in [7, 11) is 1.59. The van der Waals surface area contributed by atoms with Crippen molar-refractivity contribution in [1.82, 2.24) is 10.2 Å². The van der Waals surface area contributed by atoms with Gasteiger partial charge in [0.1, 0.15) is 6.04 Å². The Balaban J connectivity index is 2.89. The molecule has 1 aromatic rings. The van der Waals surface area contributed by atoms with Gasteiger partial charge in [0.2, 0.25) is 11.8 Å². The van der Waals surface area contributed by atoms with Crippen molar-refractivity contribution >= 4 is 11.8 Å². The van der Waals surface area contributed by atoms with Crippen molar-refractivity contribution in [2.24, 2.45) is 0 Å². The maximum atomic E-state index is 12.2. The molecule has 1 aromatic carbocycles. The maximum Gasteiger partial charge on any atom is 0.242 e. The molecule has 0 unspecified atom stereocenters. The van der Waals surface area contributed by atoms with Gasteiger partial charge in [0.25, 0.3) is 0 Å². The molecule has 0 spiro atoms. The van der Waals surface area contributed by atoms with Gasteiger partial charge in [-0.25, -0.2) is 0 Å². The van der Waals surface area contributed by atoms with Crippen LogP contribution < -0.4 is 5.32 Å². The lowest BCUT2D eigenvalue weighted by atomic mass is 10.1. The van der Waals surface area contributed by atoms with Crippen LogP contribution in [0.4, 0.5) is 0 Å². The number of rotatable bonds is 6. The summed E-state index contributed by atoms with van der Waals surface area (Å²) in [5.74, 6) is -0.120. The highest BCUT2D eigenvalue weighted by Gasteiger charge is 2.24. The van der Waals surface area contributed by atoms with E-state index in [1.165, 1.54) is 5.56 Å². The molecule has 0 saturated heterocycles. The summed E-state index contributed by atoms with van der Waals surface area (Å²) in [4.78, 5) is 25.7. The monoisotopic (exact) mass is 276 g/mol. The molecule has 0 aromatic heterocycles. The Morgan fingerprint density at radius 1 is 1.25 bits per heavy atom. The summed E-state index contributed by atoms with van der Waals surface area (Å²) < 4.78 is 0. The third-order valence-electron chi connectivity index (χ3n) is 3.35. The number of hydrogen-bond acceptors (Lipinski definition) is 2. The summed E-state index contributed by atoms with van der Waals surface area (Å²) in [6.07, 6.45) is 1.25. The number of hydrogen-bond donors (Lipinski definition) is 1. The zero-order valence-corrected chi connectivity index (χ0v) is 12.8. The van der Waals surface area contributed by atoms with Crippen LogP contribution in [-0.4, -0.2) is 29.8 Å². The molecule has 0 radical (unpaired) electrons. The Labute approximate surface area is 121 Å². The number of carbonyl (C=O) groups is 2. The van der Waals surface area contributed by atoms with E-state index in [9.17, 15) is 9.59 Å². The van der Waals surface area contributed by atoms with Gasteiger partial charge in [0.15, 0.2) is 0 Å². The molecule has 0 fully saturated rings. The van der Waals surface area contributed by atoms with Crippen LogP contribution in [0.1, 0.15) is 37.8 Å². The van der Waals surface area contributed by atoms with Crippen molar-refractivity contribution in [1.29, 1.82) is 0 Å². The summed E-state index contributed by atoms with van der Waals surface area (Å²) in [6.45, 7) is 6.22. The molecule has 0 aliphatic rings. The molecule has 0 aliphatic heterocycles. The van der Waals surface area contributed by atoms with Crippen molar-refractivity contribution < 1.29 is 9.59 Å². The number of nitrogens with one attached hydrogen (secondary N) is 1. The zero-order valence-electron chi connectivity index (χ0n) is 12.8. The molecule has 1 rings (SSSR count). The Morgan fingerprint density at radius 2 is 1.85 bits per heavy atom. The normalized spacial score (nSPS) is 11.8. The highest BCUT2D eigenvalue weighted by atomic mass is 16.2. The Morgan fingerprint density at radius 3 is 2.35 bits per heavy atom. The van der Waals surface area contributed by atoms with E-state index < -0.39 is 6.04 Å². The van der Waals surface area contributed by atoms with Crippen LogP contribution in [0.25, 0.3) is 0 Å². The van der Waals surface area contributed by atoms with Gasteiger partial charge < -0.3 is 10.2 Å². The molecule has 110 valence electrons. The summed E-state index contributed by atoms with van der Waals surface area (Å²) in [6, 6.07) is 7.57. The quantitative estimate of drug-likeness (QED) is 0.866. The standard InChI is InChI=1S/C16H24N2O2/c1-5-6-15(19)18(13(3)16(20)17-4)11-14-9-7-12(2)8-10-14/h7-10,13H,5-6,11H2,1-4H3,(H,17,20)/t13-/m0/s1. The molecule has 0 bridgehead atoms. The van der Waals surface area contributed by atoms with Crippen LogP contribution in [-0.2, 0) is 16.1 Å². The maximum absolute atomic E-state index is 12.2. The Bertz CT molecular complexity index is 454. The first-order valence-electron chi connectivity index (χ1n) is 7.06. The molecule has 2 amide bonds. The van der Waals surface area contributed by atoms with Crippen molar-refractivity contribution in [3.63, 3.8) is 0 Å². The van der Waals surface area contributed by atoms with E-state index in [4.69, 9.17) is 0 Å². The van der Waals surface area contributed by atoms with E-state index >= 15 is 0 Å². The average molecular weight is 276 g/mol. The zero-order chi connectivity index (χ0) is 15.1. The Hall–Kier alpha value is -1.84. The summed E-state index contributed by atoms with van der Waals surface area (Å²) in [5, 5.41) is 2.60. The third-order valence-corrected chi connectivity index (χ3v) is 3.35. The van der Waals surface area contributed by atoms with Gasteiger partial charge >= 0.3 is 0 Å². The highest BCUT2D eigenvalue weighted by molar-refractivity contribution is 5.87. The second-order valence-electron chi connectivity index (χ2n) is 5.05. The van der Waals surface area contributed by atoms with E-state index in [2.05, 4.69) is 5.32 Å². The minimum atomic E-state index is -0.458. The van der Waals surface area contributed by atoms with Gasteiger partial charge in [0.05, 0.1) is 0 Å². The predicted molar refractivity (Wildman–Crippen MR) is 80.2 cm³/mol. The molecule has 4 heteroatoms. The van der Waals surface area contributed by atoms with Crippen LogP contribution in [0.5, 0.6) is 0 Å². The van der Waals surface area contributed by atoms with Gasteiger partial charge in [-0.05, 0) is 25.8 Å². The smallest absolute Gasteiger partial charge is 0.242 e. The summed E-state index contributed by atoms with van der Waals surface area (Å²) >= 11 is 0. The molecular formula is C16H24N2O2. The molecule has 1 atom stereocenters. The van der Waals surface area contributed by atoms with Crippen LogP contribution in [0.2, 0.25) is 0 Å². The first-order chi connectivity index (χ1) is 9.49. The third kappa shape index (κ3) is 4.37. The molecule has 1 N–H and O–H groups in total. The SMILES string of the molecule is CCCC(=O)N(Cc1ccc(C)cc1)[C@@H](C)C(=O)NC. The number of benzene rings is 1. The molecular weight excluding hydrogens is 252 g/mol. The van der Waals surface area contributed by atoms with Crippen molar-refractivity contribution in [3.8, 4) is 0 Å². The van der Waals surface area contributed by atoms with Gasteiger partial charge in [-0.1, -0.05) is 36.8 Å². The fourth-order valence-corrected chi connectivity index (χ4v) is 2.04. The van der Waals surface area contributed by atoms with Crippen molar-refractivity contribution in [3.05, 3.63) is 35.4 Å². The molecule has 4 nitrogen and oxygen atoms in total. The highest BCUT2D eigenvalue weighted by Crippen LogP contribution is 2.12. The molecule has 0 heterocycles. The second-order valence-corrected chi connectivity index (χ2v) is 5.05. The molecule has 0 aliphatic carbocycles. The van der Waals surface area contributed by atoms with E-state index in [1.54, 1.807) is 18.9 Å². The van der Waals surface area contributed by atoms with Gasteiger partial charge in [-0.3, -0.25) is 9.59 Å². The lowest BCUT2D eigenvalue weighted by Crippen LogP contribution is -2.46. The number of amides is 2. The fourth-order valence-electron chi connectivity index (χ4n) is 2.04. The van der Waals surface area contributed by atoms with E-state index in [0.717, 1.165) is 12.0 Å².